The van der Waals surface area contributed by atoms with Gasteiger partial charge < -0.3 is 10.4 Å². The quantitative estimate of drug-likeness (QED) is 0.814. The highest BCUT2D eigenvalue weighted by molar-refractivity contribution is 9.10. The van der Waals surface area contributed by atoms with Crippen LogP contribution >= 0.6 is 31.9 Å². The molecule has 19 heavy (non-hydrogen) atoms. The first-order chi connectivity index (χ1) is 9.06. The Morgan fingerprint density at radius 1 is 1.16 bits per heavy atom. The molecule has 0 atom stereocenters. The van der Waals surface area contributed by atoms with E-state index in [2.05, 4.69) is 37.2 Å². The average Bonchev–Trinajstić information content (AvgIpc) is 2.37. The Morgan fingerprint density at radius 2 is 1.95 bits per heavy atom. The molecule has 0 spiro atoms. The Bertz CT molecular complexity index is 614. The zero-order valence-electron chi connectivity index (χ0n) is 9.86. The first kappa shape index (κ1) is 14.1. The summed E-state index contributed by atoms with van der Waals surface area (Å²) in [5, 5.41) is 12.2. The molecule has 98 valence electrons. The van der Waals surface area contributed by atoms with Gasteiger partial charge in [0.05, 0.1) is 5.56 Å². The van der Waals surface area contributed by atoms with E-state index in [1.807, 2.05) is 24.3 Å². The number of benzene rings is 2. The molecule has 0 saturated carbocycles. The van der Waals surface area contributed by atoms with Gasteiger partial charge in [0.2, 0.25) is 0 Å². The Morgan fingerprint density at radius 3 is 2.58 bits per heavy atom. The van der Waals surface area contributed by atoms with Gasteiger partial charge in [0, 0.05) is 21.2 Å². The molecule has 0 amide bonds. The largest absolute Gasteiger partial charge is 0.478 e. The van der Waals surface area contributed by atoms with E-state index in [-0.39, 0.29) is 5.56 Å². The number of carboxylic acid groups (broad SMARTS) is 1. The molecule has 0 heterocycles. The molecule has 0 aliphatic rings. The number of aromatic carboxylic acids is 1. The van der Waals surface area contributed by atoms with E-state index in [0.717, 1.165) is 20.2 Å². The second-order valence-electron chi connectivity index (χ2n) is 3.98. The van der Waals surface area contributed by atoms with Gasteiger partial charge in [-0.25, -0.2) is 4.79 Å². The first-order valence-corrected chi connectivity index (χ1v) is 7.16. The van der Waals surface area contributed by atoms with Crippen LogP contribution < -0.4 is 5.32 Å². The number of anilines is 1. The number of rotatable bonds is 4. The van der Waals surface area contributed by atoms with Crippen molar-refractivity contribution >= 4 is 43.5 Å². The summed E-state index contributed by atoms with van der Waals surface area (Å²) in [5.74, 6) is -0.924. The number of carbonyl (C=O) groups is 1. The van der Waals surface area contributed by atoms with Crippen LogP contribution in [0.2, 0.25) is 0 Å². The van der Waals surface area contributed by atoms with Gasteiger partial charge in [-0.2, -0.15) is 0 Å². The van der Waals surface area contributed by atoms with Crippen LogP contribution in [0.15, 0.2) is 51.4 Å². The molecular weight excluding hydrogens is 374 g/mol. The van der Waals surface area contributed by atoms with E-state index in [1.165, 1.54) is 0 Å². The topological polar surface area (TPSA) is 49.3 Å². The minimum absolute atomic E-state index is 0.276. The third kappa shape index (κ3) is 3.81. The van der Waals surface area contributed by atoms with Gasteiger partial charge in [-0.3, -0.25) is 0 Å². The van der Waals surface area contributed by atoms with Crippen molar-refractivity contribution in [3.8, 4) is 0 Å². The molecule has 2 aromatic rings. The van der Waals surface area contributed by atoms with Gasteiger partial charge in [0.25, 0.3) is 0 Å². The van der Waals surface area contributed by atoms with Crippen molar-refractivity contribution in [1.29, 1.82) is 0 Å². The summed E-state index contributed by atoms with van der Waals surface area (Å²) in [6, 6.07) is 12.9. The van der Waals surface area contributed by atoms with E-state index >= 15 is 0 Å². The Balaban J connectivity index is 2.10. The van der Waals surface area contributed by atoms with E-state index in [1.54, 1.807) is 18.2 Å². The van der Waals surface area contributed by atoms with Gasteiger partial charge in [-0.05, 0) is 35.9 Å². The van der Waals surface area contributed by atoms with Gasteiger partial charge in [-0.15, -0.1) is 0 Å². The molecule has 0 saturated heterocycles. The highest BCUT2D eigenvalue weighted by atomic mass is 79.9. The molecule has 2 N–H and O–H groups in total. The fraction of sp³-hybridized carbons (Fsp3) is 0.0714. The lowest BCUT2D eigenvalue weighted by Gasteiger charge is -2.09. The minimum Gasteiger partial charge on any atom is -0.478 e. The van der Waals surface area contributed by atoms with Crippen molar-refractivity contribution in [3.63, 3.8) is 0 Å². The molecule has 0 unspecified atom stereocenters. The molecule has 0 aliphatic carbocycles. The fourth-order valence-electron chi connectivity index (χ4n) is 1.62. The lowest BCUT2D eigenvalue weighted by atomic mass is 10.1. The second kappa shape index (κ2) is 6.21. The van der Waals surface area contributed by atoms with Gasteiger partial charge in [0.15, 0.2) is 0 Å². The standard InChI is InChI=1S/C14H11Br2NO2/c15-11-2-1-3-12(7-11)17-8-10-5-4-9(14(18)19)6-13(10)16/h1-7,17H,8H2,(H,18,19). The molecule has 0 aliphatic heterocycles. The van der Waals surface area contributed by atoms with Crippen LogP contribution in [0.5, 0.6) is 0 Å². The molecule has 5 heteroatoms. The van der Waals surface area contributed by atoms with Crippen molar-refractivity contribution in [3.05, 3.63) is 62.5 Å². The number of halogens is 2. The smallest absolute Gasteiger partial charge is 0.335 e. The monoisotopic (exact) mass is 383 g/mol. The van der Waals surface area contributed by atoms with Crippen LogP contribution in [0, 0.1) is 0 Å². The first-order valence-electron chi connectivity index (χ1n) is 5.57. The van der Waals surface area contributed by atoms with Crippen molar-refractivity contribution in [2.75, 3.05) is 5.32 Å². The Labute approximate surface area is 127 Å². The zero-order valence-corrected chi connectivity index (χ0v) is 13.0. The lowest BCUT2D eigenvalue weighted by Crippen LogP contribution is -2.02. The number of carboxylic acids is 1. The van der Waals surface area contributed by atoms with Gasteiger partial charge >= 0.3 is 5.97 Å². The zero-order chi connectivity index (χ0) is 13.8. The van der Waals surface area contributed by atoms with Crippen LogP contribution in [0.4, 0.5) is 5.69 Å². The predicted molar refractivity (Wildman–Crippen MR) is 82.6 cm³/mol. The van der Waals surface area contributed by atoms with Crippen LogP contribution in [0.3, 0.4) is 0 Å². The molecule has 0 bridgehead atoms. The maximum atomic E-state index is 10.8. The summed E-state index contributed by atoms with van der Waals surface area (Å²) in [7, 11) is 0. The summed E-state index contributed by atoms with van der Waals surface area (Å²) in [5.41, 5.74) is 2.28. The number of hydrogen-bond donors (Lipinski definition) is 2. The van der Waals surface area contributed by atoms with Gasteiger partial charge in [0.1, 0.15) is 0 Å². The van der Waals surface area contributed by atoms with Crippen LogP contribution in [0.1, 0.15) is 15.9 Å². The highest BCUT2D eigenvalue weighted by Crippen LogP contribution is 2.21. The van der Waals surface area contributed by atoms with Crippen LogP contribution in [0.25, 0.3) is 0 Å². The van der Waals surface area contributed by atoms with Gasteiger partial charge in [-0.1, -0.05) is 44.0 Å². The second-order valence-corrected chi connectivity index (χ2v) is 5.75. The molecule has 0 aromatic heterocycles. The third-order valence-electron chi connectivity index (χ3n) is 2.61. The van der Waals surface area contributed by atoms with Crippen LogP contribution in [-0.4, -0.2) is 11.1 Å². The summed E-state index contributed by atoms with van der Waals surface area (Å²) in [4.78, 5) is 10.8. The predicted octanol–water partition coefficient (Wildman–Crippen LogP) is 4.52. The minimum atomic E-state index is -0.924. The van der Waals surface area contributed by atoms with Crippen LogP contribution in [-0.2, 0) is 6.54 Å². The Hall–Kier alpha value is -1.33. The SMILES string of the molecule is O=C(O)c1ccc(CNc2cccc(Br)c2)c(Br)c1. The molecule has 0 fully saturated rings. The summed E-state index contributed by atoms with van der Waals surface area (Å²) in [6.07, 6.45) is 0. The van der Waals surface area contributed by atoms with Crippen molar-refractivity contribution in [2.24, 2.45) is 0 Å². The molecule has 3 nitrogen and oxygen atoms in total. The number of nitrogens with one attached hydrogen (secondary N) is 1. The van der Waals surface area contributed by atoms with E-state index < -0.39 is 5.97 Å². The molecule has 2 rings (SSSR count). The van der Waals surface area contributed by atoms with Crippen molar-refractivity contribution in [1.82, 2.24) is 0 Å². The molecular formula is C14H11Br2NO2. The van der Waals surface area contributed by atoms with Crippen molar-refractivity contribution in [2.45, 2.75) is 6.54 Å². The summed E-state index contributed by atoms with van der Waals surface area (Å²) in [6.45, 7) is 0.622. The lowest BCUT2D eigenvalue weighted by molar-refractivity contribution is 0.0697. The molecule has 0 radical (unpaired) electrons. The van der Waals surface area contributed by atoms with E-state index in [4.69, 9.17) is 5.11 Å². The highest BCUT2D eigenvalue weighted by Gasteiger charge is 2.06. The Kier molecular flexibility index (Phi) is 4.61. The van der Waals surface area contributed by atoms with Crippen molar-refractivity contribution < 1.29 is 9.90 Å². The van der Waals surface area contributed by atoms with E-state index in [0.29, 0.717) is 6.54 Å². The molecule has 2 aromatic carbocycles. The number of hydrogen-bond acceptors (Lipinski definition) is 2. The normalized spacial score (nSPS) is 10.2. The average molecular weight is 385 g/mol. The maximum Gasteiger partial charge on any atom is 0.335 e. The summed E-state index contributed by atoms with van der Waals surface area (Å²) < 4.78 is 1.80. The maximum absolute atomic E-state index is 10.8. The fourth-order valence-corrected chi connectivity index (χ4v) is 2.54. The third-order valence-corrected chi connectivity index (χ3v) is 3.84. The summed E-state index contributed by atoms with van der Waals surface area (Å²) >= 11 is 6.80. The van der Waals surface area contributed by atoms with E-state index in [9.17, 15) is 4.79 Å².